The molecule has 2 heterocycles. The summed E-state index contributed by atoms with van der Waals surface area (Å²) in [5.41, 5.74) is 4.55. The number of nitrogens with zero attached hydrogens (tertiary/aromatic N) is 1. The van der Waals surface area contributed by atoms with Gasteiger partial charge >= 0.3 is 0 Å². The molecule has 2 aromatic carbocycles. The lowest BCUT2D eigenvalue weighted by atomic mass is 10.0. The summed E-state index contributed by atoms with van der Waals surface area (Å²) in [6.45, 7) is 0. The van der Waals surface area contributed by atoms with Crippen molar-refractivity contribution in [3.63, 3.8) is 0 Å². The molecule has 4 rings (SSSR count). The zero-order valence-electron chi connectivity index (χ0n) is 9.71. The lowest BCUT2D eigenvalue weighted by molar-refractivity contribution is -0.109. The predicted molar refractivity (Wildman–Crippen MR) is 71.6 cm³/mol. The van der Waals surface area contributed by atoms with E-state index in [0.29, 0.717) is 0 Å². The lowest BCUT2D eigenvalue weighted by Gasteiger charge is -2.09. The van der Waals surface area contributed by atoms with Crippen LogP contribution < -0.4 is 0 Å². The molecule has 1 aliphatic rings. The highest BCUT2D eigenvalue weighted by Gasteiger charge is 2.29. The van der Waals surface area contributed by atoms with Gasteiger partial charge in [0, 0.05) is 16.5 Å². The molecule has 1 unspecified atom stereocenters. The maximum Gasteiger partial charge on any atom is 0.147 e. The van der Waals surface area contributed by atoms with Crippen LogP contribution in [0.1, 0.15) is 11.6 Å². The maximum absolute atomic E-state index is 11.5. The molecule has 0 fully saturated rings. The fourth-order valence-corrected chi connectivity index (χ4v) is 2.94. The summed E-state index contributed by atoms with van der Waals surface area (Å²) in [6, 6.07) is 18.3. The Morgan fingerprint density at radius 1 is 1.00 bits per heavy atom. The van der Waals surface area contributed by atoms with Crippen molar-refractivity contribution < 1.29 is 4.79 Å². The van der Waals surface area contributed by atoms with Crippen LogP contribution in [0.5, 0.6) is 0 Å². The van der Waals surface area contributed by atoms with Gasteiger partial charge in [-0.3, -0.25) is 0 Å². The van der Waals surface area contributed by atoms with E-state index in [0.717, 1.165) is 23.1 Å². The number of carbonyl (C=O) groups is 1. The Hall–Kier alpha value is -2.35. The third kappa shape index (κ3) is 1.05. The van der Waals surface area contributed by atoms with E-state index in [1.54, 1.807) is 0 Å². The monoisotopic (exact) mass is 233 g/mol. The molecule has 86 valence electrons. The second kappa shape index (κ2) is 3.33. The largest absolute Gasteiger partial charge is 0.326 e. The first-order valence-corrected chi connectivity index (χ1v) is 6.05. The second-order valence-electron chi connectivity index (χ2n) is 4.63. The molecule has 0 spiro atoms. The smallest absolute Gasteiger partial charge is 0.147 e. The van der Waals surface area contributed by atoms with Gasteiger partial charge < -0.3 is 9.36 Å². The van der Waals surface area contributed by atoms with Gasteiger partial charge in [0.05, 0.1) is 5.69 Å². The Morgan fingerprint density at radius 2 is 1.78 bits per heavy atom. The van der Waals surface area contributed by atoms with Gasteiger partial charge in [-0.05, 0) is 17.7 Å². The van der Waals surface area contributed by atoms with Gasteiger partial charge in [-0.25, -0.2) is 0 Å². The highest BCUT2D eigenvalue weighted by Crippen LogP contribution is 2.42. The van der Waals surface area contributed by atoms with Crippen molar-refractivity contribution in [2.24, 2.45) is 0 Å². The number of rotatable bonds is 1. The molecule has 1 aromatic heterocycles. The fourth-order valence-electron chi connectivity index (χ4n) is 2.94. The Morgan fingerprint density at radius 3 is 2.67 bits per heavy atom. The molecule has 18 heavy (non-hydrogen) atoms. The molecule has 2 nitrogen and oxygen atoms in total. The van der Waals surface area contributed by atoms with Crippen molar-refractivity contribution in [1.82, 2.24) is 4.57 Å². The number of aromatic nitrogens is 1. The first-order chi connectivity index (χ1) is 8.90. The van der Waals surface area contributed by atoms with Crippen LogP contribution in [0.2, 0.25) is 0 Å². The zero-order valence-corrected chi connectivity index (χ0v) is 9.71. The van der Waals surface area contributed by atoms with Crippen LogP contribution >= 0.6 is 0 Å². The number of aldehydes is 1. The Labute approximate surface area is 104 Å². The van der Waals surface area contributed by atoms with Gasteiger partial charge in [-0.15, -0.1) is 0 Å². The molecule has 0 amide bonds. The fraction of sp³-hybridized carbons (Fsp3) is 0.0625. The van der Waals surface area contributed by atoms with Crippen LogP contribution in [0, 0.1) is 0 Å². The summed E-state index contributed by atoms with van der Waals surface area (Å²) in [7, 11) is 0. The summed E-state index contributed by atoms with van der Waals surface area (Å²) < 4.78 is 2.13. The SMILES string of the molecule is O=CC1c2ccccc2-c2cc3ccccc3n21. The topological polar surface area (TPSA) is 22.0 Å². The summed E-state index contributed by atoms with van der Waals surface area (Å²) >= 11 is 0. The molecular weight excluding hydrogens is 222 g/mol. The number of benzene rings is 2. The van der Waals surface area contributed by atoms with E-state index in [2.05, 4.69) is 28.8 Å². The van der Waals surface area contributed by atoms with Crippen molar-refractivity contribution in [3.05, 3.63) is 60.2 Å². The minimum atomic E-state index is -0.184. The van der Waals surface area contributed by atoms with Crippen LogP contribution in [-0.2, 0) is 4.79 Å². The number of para-hydroxylation sites is 1. The molecule has 1 aliphatic heterocycles. The highest BCUT2D eigenvalue weighted by atomic mass is 16.1. The van der Waals surface area contributed by atoms with Crippen molar-refractivity contribution in [3.8, 4) is 11.3 Å². The first-order valence-electron chi connectivity index (χ1n) is 6.05. The summed E-state index contributed by atoms with van der Waals surface area (Å²) in [5.74, 6) is 0. The molecule has 0 radical (unpaired) electrons. The first kappa shape index (κ1) is 9.66. The van der Waals surface area contributed by atoms with Crippen molar-refractivity contribution >= 4 is 17.2 Å². The third-order valence-electron chi connectivity index (χ3n) is 3.71. The van der Waals surface area contributed by atoms with Gasteiger partial charge in [0.2, 0.25) is 0 Å². The van der Waals surface area contributed by atoms with Crippen molar-refractivity contribution in [2.45, 2.75) is 6.04 Å². The summed E-state index contributed by atoms with van der Waals surface area (Å²) in [4.78, 5) is 11.5. The van der Waals surface area contributed by atoms with E-state index < -0.39 is 0 Å². The number of hydrogen-bond acceptors (Lipinski definition) is 1. The molecule has 0 aliphatic carbocycles. The van der Waals surface area contributed by atoms with Crippen LogP contribution in [0.25, 0.3) is 22.2 Å². The van der Waals surface area contributed by atoms with Crippen LogP contribution in [0.4, 0.5) is 0 Å². The average Bonchev–Trinajstić information content (AvgIpc) is 2.93. The number of hydrogen-bond donors (Lipinski definition) is 0. The van der Waals surface area contributed by atoms with Gasteiger partial charge in [0.1, 0.15) is 12.3 Å². The summed E-state index contributed by atoms with van der Waals surface area (Å²) in [5, 5.41) is 1.19. The average molecular weight is 233 g/mol. The molecular formula is C16H11NO. The van der Waals surface area contributed by atoms with Gasteiger partial charge in [0.25, 0.3) is 0 Å². The Kier molecular flexibility index (Phi) is 1.78. The van der Waals surface area contributed by atoms with E-state index in [1.807, 2.05) is 30.3 Å². The predicted octanol–water partition coefficient (Wildman–Crippen LogP) is 3.41. The number of fused-ring (bicyclic) bond motifs is 5. The van der Waals surface area contributed by atoms with E-state index in [4.69, 9.17) is 0 Å². The van der Waals surface area contributed by atoms with Gasteiger partial charge in [-0.2, -0.15) is 0 Å². The second-order valence-corrected chi connectivity index (χ2v) is 4.63. The Bertz CT molecular complexity index is 770. The molecule has 0 N–H and O–H groups in total. The molecule has 0 saturated carbocycles. The quantitative estimate of drug-likeness (QED) is 0.590. The number of carbonyl (C=O) groups excluding carboxylic acids is 1. The van der Waals surface area contributed by atoms with Crippen LogP contribution in [0.15, 0.2) is 54.6 Å². The highest BCUT2D eigenvalue weighted by molar-refractivity contribution is 5.93. The minimum absolute atomic E-state index is 0.184. The normalized spacial score (nSPS) is 16.6. The maximum atomic E-state index is 11.5. The van der Waals surface area contributed by atoms with Gasteiger partial charge in [-0.1, -0.05) is 42.5 Å². The van der Waals surface area contributed by atoms with Crippen LogP contribution in [-0.4, -0.2) is 10.9 Å². The molecule has 0 saturated heterocycles. The zero-order chi connectivity index (χ0) is 12.1. The van der Waals surface area contributed by atoms with Gasteiger partial charge in [0.15, 0.2) is 0 Å². The molecule has 2 heteroatoms. The van der Waals surface area contributed by atoms with E-state index >= 15 is 0 Å². The van der Waals surface area contributed by atoms with E-state index in [-0.39, 0.29) is 6.04 Å². The van der Waals surface area contributed by atoms with Crippen molar-refractivity contribution in [1.29, 1.82) is 0 Å². The van der Waals surface area contributed by atoms with E-state index in [1.165, 1.54) is 10.9 Å². The lowest BCUT2D eigenvalue weighted by Crippen LogP contribution is -2.06. The molecule has 1 atom stereocenters. The summed E-state index contributed by atoms with van der Waals surface area (Å²) in [6.07, 6.45) is 1.03. The standard InChI is InChI=1S/C16H11NO/c18-10-16-13-7-3-2-6-12(13)15-9-11-5-1-4-8-14(11)17(15)16/h1-10,16H. The Balaban J connectivity index is 2.16. The van der Waals surface area contributed by atoms with Crippen LogP contribution in [0.3, 0.4) is 0 Å². The molecule has 0 bridgehead atoms. The molecule has 3 aromatic rings. The van der Waals surface area contributed by atoms with E-state index in [9.17, 15) is 4.79 Å². The minimum Gasteiger partial charge on any atom is -0.326 e. The third-order valence-corrected chi connectivity index (χ3v) is 3.71. The van der Waals surface area contributed by atoms with Crippen molar-refractivity contribution in [2.75, 3.05) is 0 Å².